The van der Waals surface area contributed by atoms with Crippen molar-refractivity contribution >= 4 is 22.8 Å². The van der Waals surface area contributed by atoms with E-state index in [1.165, 1.54) is 12.1 Å². The molecule has 4 nitrogen and oxygen atoms in total. The van der Waals surface area contributed by atoms with Crippen LogP contribution in [0.2, 0.25) is 0 Å². The van der Waals surface area contributed by atoms with Crippen LogP contribution in [0.3, 0.4) is 0 Å². The van der Waals surface area contributed by atoms with Gasteiger partial charge >= 0.3 is 6.36 Å². The highest BCUT2D eigenvalue weighted by atomic mass is 32.2. The van der Waals surface area contributed by atoms with Crippen LogP contribution >= 0.6 is 11.8 Å². The van der Waals surface area contributed by atoms with Crippen molar-refractivity contribution in [2.24, 2.45) is 0 Å². The molecule has 2 aromatic carbocycles. The number of rotatable bonds is 7. The minimum Gasteiger partial charge on any atom is -0.461 e. The van der Waals surface area contributed by atoms with E-state index in [0.29, 0.717) is 18.1 Å². The van der Waals surface area contributed by atoms with Crippen LogP contribution in [-0.2, 0) is 6.54 Å². The van der Waals surface area contributed by atoms with Crippen LogP contribution in [0, 0.1) is 0 Å². The Hall–Kier alpha value is -2.87. The molecule has 0 N–H and O–H groups in total. The second-order valence-corrected chi connectivity index (χ2v) is 7.86. The smallest absolute Gasteiger partial charge is 0.461 e. The van der Waals surface area contributed by atoms with Crippen molar-refractivity contribution in [3.05, 3.63) is 66.4 Å². The molecule has 4 aromatic rings. The first-order valence-corrected chi connectivity index (χ1v) is 10.4. The highest BCUT2D eigenvalue weighted by Gasteiger charge is 2.31. The van der Waals surface area contributed by atoms with Crippen molar-refractivity contribution in [2.45, 2.75) is 31.1 Å². The molecule has 0 spiro atoms. The molecule has 8 heteroatoms. The number of imidazole rings is 1. The lowest BCUT2D eigenvalue weighted by molar-refractivity contribution is -0.274. The highest BCUT2D eigenvalue weighted by molar-refractivity contribution is 7.99. The first-order chi connectivity index (χ1) is 14.4. The highest BCUT2D eigenvalue weighted by Crippen LogP contribution is 2.30. The third-order valence-electron chi connectivity index (χ3n) is 4.43. The SMILES string of the molecule is CCCSc1ccc2nc(-c3ccco3)n(Cc3ccc(OC(F)(F)F)cc3)c2c1. The van der Waals surface area contributed by atoms with Crippen LogP contribution < -0.4 is 4.74 Å². The third-order valence-corrected chi connectivity index (χ3v) is 5.63. The van der Waals surface area contributed by atoms with Crippen LogP contribution in [0.1, 0.15) is 18.9 Å². The Morgan fingerprint density at radius 1 is 1.10 bits per heavy atom. The summed E-state index contributed by atoms with van der Waals surface area (Å²) in [5.74, 6) is 2.08. The molecule has 0 amide bonds. The average Bonchev–Trinajstić information content (AvgIpc) is 3.35. The van der Waals surface area contributed by atoms with Crippen LogP contribution in [-0.4, -0.2) is 21.7 Å². The fourth-order valence-electron chi connectivity index (χ4n) is 3.15. The summed E-state index contributed by atoms with van der Waals surface area (Å²) in [6, 6.07) is 15.6. The fourth-order valence-corrected chi connectivity index (χ4v) is 3.94. The van der Waals surface area contributed by atoms with E-state index in [2.05, 4.69) is 23.8 Å². The number of alkyl halides is 3. The molecule has 0 fully saturated rings. The molecule has 4 rings (SSSR count). The predicted molar refractivity (Wildman–Crippen MR) is 111 cm³/mol. The molecule has 0 aliphatic rings. The lowest BCUT2D eigenvalue weighted by Gasteiger charge is -2.11. The lowest BCUT2D eigenvalue weighted by Crippen LogP contribution is -2.17. The molecule has 2 heterocycles. The van der Waals surface area contributed by atoms with Gasteiger partial charge in [-0.2, -0.15) is 0 Å². The van der Waals surface area contributed by atoms with Gasteiger partial charge in [-0.1, -0.05) is 19.1 Å². The number of halogens is 3. The molecule has 0 aliphatic heterocycles. The minimum absolute atomic E-state index is 0.244. The zero-order valence-electron chi connectivity index (χ0n) is 16.1. The third kappa shape index (κ3) is 4.64. The van der Waals surface area contributed by atoms with Crippen LogP contribution in [0.4, 0.5) is 13.2 Å². The monoisotopic (exact) mass is 432 g/mol. The minimum atomic E-state index is -4.71. The van der Waals surface area contributed by atoms with E-state index in [1.807, 2.05) is 16.7 Å². The Morgan fingerprint density at radius 2 is 1.90 bits per heavy atom. The molecule has 0 saturated carbocycles. The molecule has 0 saturated heterocycles. The molecular formula is C22H19F3N2O2S. The second kappa shape index (κ2) is 8.47. The summed E-state index contributed by atoms with van der Waals surface area (Å²) in [6.07, 6.45) is -2.04. The largest absolute Gasteiger partial charge is 0.573 e. The molecule has 30 heavy (non-hydrogen) atoms. The van der Waals surface area contributed by atoms with Gasteiger partial charge in [0.15, 0.2) is 11.6 Å². The maximum atomic E-state index is 12.4. The topological polar surface area (TPSA) is 40.2 Å². The van der Waals surface area contributed by atoms with E-state index >= 15 is 0 Å². The number of benzene rings is 2. The van der Waals surface area contributed by atoms with Gasteiger partial charge in [0.05, 0.1) is 17.3 Å². The first-order valence-electron chi connectivity index (χ1n) is 9.44. The number of ether oxygens (including phenoxy) is 1. The average molecular weight is 432 g/mol. The van der Waals surface area contributed by atoms with E-state index in [1.54, 1.807) is 36.2 Å². The Kier molecular flexibility index (Phi) is 5.76. The normalized spacial score (nSPS) is 11.9. The number of hydrogen-bond donors (Lipinski definition) is 0. The molecule has 0 aliphatic carbocycles. The van der Waals surface area contributed by atoms with E-state index in [4.69, 9.17) is 9.40 Å². The van der Waals surface area contributed by atoms with E-state index in [0.717, 1.165) is 33.7 Å². The molecule has 0 unspecified atom stereocenters. The summed E-state index contributed by atoms with van der Waals surface area (Å²) in [5, 5.41) is 0. The summed E-state index contributed by atoms with van der Waals surface area (Å²) in [7, 11) is 0. The van der Waals surface area contributed by atoms with E-state index in [-0.39, 0.29) is 5.75 Å². The van der Waals surface area contributed by atoms with E-state index in [9.17, 15) is 13.2 Å². The van der Waals surface area contributed by atoms with Crippen molar-refractivity contribution in [2.75, 3.05) is 5.75 Å². The summed E-state index contributed by atoms with van der Waals surface area (Å²) < 4.78 is 48.8. The van der Waals surface area contributed by atoms with Gasteiger partial charge in [-0.25, -0.2) is 4.98 Å². The van der Waals surface area contributed by atoms with Gasteiger partial charge in [0.2, 0.25) is 0 Å². The Labute approximate surface area is 175 Å². The Bertz CT molecular complexity index is 1120. The van der Waals surface area contributed by atoms with Gasteiger partial charge in [0.25, 0.3) is 0 Å². The maximum Gasteiger partial charge on any atom is 0.573 e. The number of aromatic nitrogens is 2. The molecular weight excluding hydrogens is 413 g/mol. The number of nitrogens with zero attached hydrogens (tertiary/aromatic N) is 2. The standard InChI is InChI=1S/C22H19F3N2O2S/c1-2-12-30-17-9-10-18-19(13-17)27(21(26-18)20-4-3-11-28-20)14-15-5-7-16(8-6-15)29-22(23,24)25/h3-11,13H,2,12,14H2,1H3. The van der Waals surface area contributed by atoms with E-state index < -0.39 is 6.36 Å². The number of hydrogen-bond acceptors (Lipinski definition) is 4. The van der Waals surface area contributed by atoms with Gasteiger partial charge in [0, 0.05) is 11.4 Å². The number of furan rings is 1. The van der Waals surface area contributed by atoms with Gasteiger partial charge in [-0.05, 0) is 60.2 Å². The first kappa shape index (κ1) is 20.4. The van der Waals surface area contributed by atoms with Gasteiger partial charge in [0.1, 0.15) is 5.75 Å². The van der Waals surface area contributed by atoms with Crippen LogP contribution in [0.15, 0.2) is 70.2 Å². The summed E-state index contributed by atoms with van der Waals surface area (Å²) >= 11 is 1.78. The van der Waals surface area contributed by atoms with Crippen molar-refractivity contribution in [1.82, 2.24) is 9.55 Å². The lowest BCUT2D eigenvalue weighted by atomic mass is 10.2. The number of thioether (sulfide) groups is 1. The van der Waals surface area contributed by atoms with Crippen molar-refractivity contribution < 1.29 is 22.3 Å². The second-order valence-electron chi connectivity index (χ2n) is 6.69. The van der Waals surface area contributed by atoms with Crippen LogP contribution in [0.5, 0.6) is 5.75 Å². The van der Waals surface area contributed by atoms with Gasteiger partial charge < -0.3 is 13.7 Å². The summed E-state index contributed by atoms with van der Waals surface area (Å²) in [4.78, 5) is 5.87. The summed E-state index contributed by atoms with van der Waals surface area (Å²) in [6.45, 7) is 2.57. The van der Waals surface area contributed by atoms with Crippen molar-refractivity contribution in [3.8, 4) is 17.3 Å². The van der Waals surface area contributed by atoms with Crippen molar-refractivity contribution in [1.29, 1.82) is 0 Å². The zero-order chi connectivity index (χ0) is 21.1. The Balaban J connectivity index is 1.71. The molecule has 0 atom stereocenters. The predicted octanol–water partition coefficient (Wildman–Crippen LogP) is 6.75. The van der Waals surface area contributed by atoms with Gasteiger partial charge in [-0.3, -0.25) is 0 Å². The fraction of sp³-hybridized carbons (Fsp3) is 0.227. The quantitative estimate of drug-likeness (QED) is 0.303. The molecule has 156 valence electrons. The molecule has 2 aromatic heterocycles. The molecule has 0 bridgehead atoms. The zero-order valence-corrected chi connectivity index (χ0v) is 17.0. The number of fused-ring (bicyclic) bond motifs is 1. The Morgan fingerprint density at radius 3 is 2.57 bits per heavy atom. The van der Waals surface area contributed by atoms with Crippen LogP contribution in [0.25, 0.3) is 22.6 Å². The van der Waals surface area contributed by atoms with Crippen molar-refractivity contribution in [3.63, 3.8) is 0 Å². The van der Waals surface area contributed by atoms with Gasteiger partial charge in [-0.15, -0.1) is 24.9 Å². The maximum absolute atomic E-state index is 12.4. The molecule has 0 radical (unpaired) electrons. The summed E-state index contributed by atoms with van der Waals surface area (Å²) in [5.41, 5.74) is 2.60.